The number of halogens is 5. The van der Waals surface area contributed by atoms with Gasteiger partial charge in [-0.2, -0.15) is 18.2 Å². The van der Waals surface area contributed by atoms with E-state index in [4.69, 9.17) is 21.6 Å². The summed E-state index contributed by atoms with van der Waals surface area (Å²) in [5.41, 5.74) is 0.536. The van der Waals surface area contributed by atoms with Gasteiger partial charge in [0.05, 0.1) is 16.3 Å². The lowest BCUT2D eigenvalue weighted by Crippen LogP contribution is -2.49. The highest BCUT2D eigenvalue weighted by atomic mass is 35.5. The Kier molecular flexibility index (Phi) is 6.16. The third-order valence-corrected chi connectivity index (χ3v) is 6.78. The van der Waals surface area contributed by atoms with Gasteiger partial charge >= 0.3 is 6.18 Å². The molecule has 0 bridgehead atoms. The number of rotatable bonds is 4. The minimum Gasteiger partial charge on any atom is -0.353 e. The van der Waals surface area contributed by atoms with Crippen molar-refractivity contribution in [3.05, 3.63) is 59.0 Å². The van der Waals surface area contributed by atoms with Crippen molar-refractivity contribution in [2.24, 2.45) is 0 Å². The zero-order valence-electron chi connectivity index (χ0n) is 18.9. The first-order valence-corrected chi connectivity index (χ1v) is 11.7. The monoisotopic (exact) mass is 506 g/mol. The lowest BCUT2D eigenvalue weighted by atomic mass is 10.1. The van der Waals surface area contributed by atoms with Crippen LogP contribution in [0.4, 0.5) is 35.1 Å². The van der Waals surface area contributed by atoms with Gasteiger partial charge in [-0.15, -0.1) is 0 Å². The fourth-order valence-corrected chi connectivity index (χ4v) is 4.53. The minimum absolute atomic E-state index is 0.00553. The largest absolute Gasteiger partial charge is 0.419 e. The summed E-state index contributed by atoms with van der Waals surface area (Å²) >= 11 is 6.00. The quantitative estimate of drug-likeness (QED) is 0.449. The van der Waals surface area contributed by atoms with Crippen molar-refractivity contribution in [1.82, 2.24) is 15.0 Å². The molecule has 6 nitrogen and oxygen atoms in total. The maximum atomic E-state index is 13.7. The van der Waals surface area contributed by atoms with Crippen molar-refractivity contribution < 1.29 is 17.6 Å². The van der Waals surface area contributed by atoms with Crippen LogP contribution in [0.3, 0.4) is 0 Å². The second-order valence-electron chi connectivity index (χ2n) is 8.72. The fraction of sp³-hybridized carbons (Fsp3) is 0.375. The molecule has 2 aliphatic rings. The first kappa shape index (κ1) is 23.6. The van der Waals surface area contributed by atoms with Gasteiger partial charge in [-0.05, 0) is 43.7 Å². The highest BCUT2D eigenvalue weighted by Gasteiger charge is 2.36. The van der Waals surface area contributed by atoms with E-state index in [0.717, 1.165) is 19.0 Å². The molecule has 2 fully saturated rings. The summed E-state index contributed by atoms with van der Waals surface area (Å²) < 4.78 is 54.1. The molecule has 0 amide bonds. The fourth-order valence-electron chi connectivity index (χ4n) is 4.35. The smallest absolute Gasteiger partial charge is 0.353 e. The third-order valence-electron chi connectivity index (χ3n) is 6.49. The molecule has 4 heterocycles. The summed E-state index contributed by atoms with van der Waals surface area (Å²) in [7, 11) is 0. The molecular formula is C24H23ClF4N6. The number of aromatic nitrogens is 3. The van der Waals surface area contributed by atoms with Crippen LogP contribution in [-0.4, -0.2) is 53.7 Å². The molecule has 35 heavy (non-hydrogen) atoms. The average Bonchev–Trinajstić information content (AvgIpc) is 2.84. The zero-order valence-corrected chi connectivity index (χ0v) is 19.7. The lowest BCUT2D eigenvalue weighted by molar-refractivity contribution is -0.137. The number of benzene rings is 1. The Balaban J connectivity index is 1.42. The highest BCUT2D eigenvalue weighted by molar-refractivity contribution is 6.31. The molecule has 5 rings (SSSR count). The predicted octanol–water partition coefficient (Wildman–Crippen LogP) is 5.28. The van der Waals surface area contributed by atoms with Gasteiger partial charge in [0.2, 0.25) is 5.95 Å². The van der Waals surface area contributed by atoms with Crippen molar-refractivity contribution in [3.63, 3.8) is 0 Å². The number of nitrogens with zero attached hydrogens (tertiary/aromatic N) is 6. The van der Waals surface area contributed by atoms with Gasteiger partial charge in [-0.1, -0.05) is 11.6 Å². The topological polar surface area (TPSA) is 48.4 Å². The summed E-state index contributed by atoms with van der Waals surface area (Å²) in [5, 5.41) is 0.00553. The molecule has 0 spiro atoms. The van der Waals surface area contributed by atoms with Crippen molar-refractivity contribution in [2.45, 2.75) is 25.6 Å². The van der Waals surface area contributed by atoms with Gasteiger partial charge in [0, 0.05) is 56.6 Å². The molecule has 2 saturated heterocycles. The molecular weight excluding hydrogens is 484 g/mol. The maximum Gasteiger partial charge on any atom is 0.419 e. The van der Waals surface area contributed by atoms with E-state index < -0.39 is 17.6 Å². The summed E-state index contributed by atoms with van der Waals surface area (Å²) in [6, 6.07) is 8.92. The van der Waals surface area contributed by atoms with Crippen molar-refractivity contribution in [1.29, 1.82) is 0 Å². The number of alkyl halides is 3. The summed E-state index contributed by atoms with van der Waals surface area (Å²) in [5.74, 6) is 0.675. The number of pyridine rings is 1. The van der Waals surface area contributed by atoms with Crippen molar-refractivity contribution in [3.8, 4) is 11.3 Å². The van der Waals surface area contributed by atoms with E-state index in [9.17, 15) is 17.6 Å². The molecule has 0 radical (unpaired) electrons. The third kappa shape index (κ3) is 4.71. The highest BCUT2D eigenvalue weighted by Crippen LogP contribution is 2.36. The molecule has 2 aromatic heterocycles. The number of piperazine rings is 1. The van der Waals surface area contributed by atoms with Gasteiger partial charge in [-0.25, -0.2) is 14.4 Å². The van der Waals surface area contributed by atoms with Crippen LogP contribution in [0.2, 0.25) is 5.02 Å². The Bertz CT molecular complexity index is 1230. The number of anilines is 3. The van der Waals surface area contributed by atoms with Crippen molar-refractivity contribution >= 4 is 29.2 Å². The Morgan fingerprint density at radius 3 is 2.34 bits per heavy atom. The van der Waals surface area contributed by atoms with Gasteiger partial charge in [0.15, 0.2) is 0 Å². The second kappa shape index (κ2) is 9.14. The Labute approximate surface area is 205 Å². The SMILES string of the molecule is CC1CCN1c1nc(-c2ccc(F)c(Cl)c2)cc(N2CCN(c3ncccc3C(F)(F)F)CC2)n1. The van der Waals surface area contributed by atoms with Gasteiger partial charge in [0.1, 0.15) is 17.5 Å². The number of hydrogen-bond acceptors (Lipinski definition) is 6. The second-order valence-corrected chi connectivity index (χ2v) is 9.12. The normalized spacial score (nSPS) is 18.6. The molecule has 0 aliphatic carbocycles. The van der Waals surface area contributed by atoms with Crippen LogP contribution in [0.1, 0.15) is 18.9 Å². The standard InChI is InChI=1S/C24H23ClF4N6/c1-15-6-8-35(15)23-31-20(16-4-5-19(26)18(25)13-16)14-21(32-23)33-9-11-34(12-10-33)22-17(24(27,28)29)3-2-7-30-22/h2-5,7,13-15H,6,8-12H2,1H3. The first-order valence-electron chi connectivity index (χ1n) is 11.3. The van der Waals surface area contributed by atoms with E-state index in [1.165, 1.54) is 24.4 Å². The van der Waals surface area contributed by atoms with Gasteiger partial charge in [-0.3, -0.25) is 0 Å². The average molecular weight is 507 g/mol. The maximum absolute atomic E-state index is 13.7. The Morgan fingerprint density at radius 2 is 1.71 bits per heavy atom. The number of hydrogen-bond donors (Lipinski definition) is 0. The van der Waals surface area contributed by atoms with Crippen molar-refractivity contribution in [2.75, 3.05) is 47.4 Å². The molecule has 11 heteroatoms. The first-order chi connectivity index (χ1) is 16.7. The molecule has 0 saturated carbocycles. The zero-order chi connectivity index (χ0) is 24.7. The van der Waals surface area contributed by atoms with E-state index >= 15 is 0 Å². The van der Waals surface area contributed by atoms with Crippen LogP contribution in [-0.2, 0) is 6.18 Å². The van der Waals surface area contributed by atoms with E-state index in [0.29, 0.717) is 55.2 Å². The van der Waals surface area contributed by atoms with E-state index in [-0.39, 0.29) is 10.8 Å². The van der Waals surface area contributed by atoms with Crippen LogP contribution in [0.15, 0.2) is 42.6 Å². The van der Waals surface area contributed by atoms with E-state index in [1.807, 2.05) is 11.0 Å². The van der Waals surface area contributed by atoms with Crippen LogP contribution in [0.5, 0.6) is 0 Å². The van der Waals surface area contributed by atoms with Crippen LogP contribution < -0.4 is 14.7 Å². The predicted molar refractivity (Wildman–Crippen MR) is 128 cm³/mol. The molecule has 3 aromatic rings. The summed E-state index contributed by atoms with van der Waals surface area (Å²) in [6.07, 6.45) is -2.06. The van der Waals surface area contributed by atoms with E-state index in [1.54, 1.807) is 11.0 Å². The Morgan fingerprint density at radius 1 is 0.971 bits per heavy atom. The molecule has 0 N–H and O–H groups in total. The molecule has 184 valence electrons. The summed E-state index contributed by atoms with van der Waals surface area (Å²) in [6.45, 7) is 4.57. The molecule has 1 unspecified atom stereocenters. The lowest BCUT2D eigenvalue weighted by Gasteiger charge is -2.40. The van der Waals surface area contributed by atoms with Gasteiger partial charge in [0.25, 0.3) is 0 Å². The van der Waals surface area contributed by atoms with Gasteiger partial charge < -0.3 is 14.7 Å². The van der Waals surface area contributed by atoms with E-state index in [2.05, 4.69) is 16.8 Å². The molecule has 2 aliphatic heterocycles. The molecule has 1 atom stereocenters. The van der Waals surface area contributed by atoms with Crippen LogP contribution in [0, 0.1) is 5.82 Å². The van der Waals surface area contributed by atoms with Crippen LogP contribution in [0.25, 0.3) is 11.3 Å². The summed E-state index contributed by atoms with van der Waals surface area (Å²) in [4.78, 5) is 19.3. The molecule has 1 aromatic carbocycles. The Hall–Kier alpha value is -3.14. The minimum atomic E-state index is -4.47. The van der Waals surface area contributed by atoms with Crippen LogP contribution >= 0.6 is 11.6 Å².